The summed E-state index contributed by atoms with van der Waals surface area (Å²) in [4.78, 5) is 7.39. The first kappa shape index (κ1) is 15.4. The van der Waals surface area contributed by atoms with Crippen LogP contribution in [0.4, 0.5) is 0 Å². The van der Waals surface area contributed by atoms with E-state index in [-0.39, 0.29) is 6.04 Å². The molecule has 1 aliphatic carbocycles. The Balaban J connectivity index is 1.56. The smallest absolute Gasteiger partial charge is 0.296 e. The van der Waals surface area contributed by atoms with Gasteiger partial charge in [0.05, 0.1) is 6.54 Å². The van der Waals surface area contributed by atoms with Crippen LogP contribution in [-0.4, -0.2) is 24.5 Å². The summed E-state index contributed by atoms with van der Waals surface area (Å²) < 4.78 is 0. The Morgan fingerprint density at radius 1 is 1.00 bits per heavy atom. The molecule has 24 heavy (non-hydrogen) atoms. The van der Waals surface area contributed by atoms with Crippen LogP contribution in [0.2, 0.25) is 0 Å². The first-order valence-electron chi connectivity index (χ1n) is 9.21. The number of benzene rings is 2. The van der Waals surface area contributed by atoms with E-state index >= 15 is 0 Å². The normalized spacial score (nSPS) is 18.8. The summed E-state index contributed by atoms with van der Waals surface area (Å²) in [5.74, 6) is 0.779. The van der Waals surface area contributed by atoms with Gasteiger partial charge in [0.25, 0.3) is 0 Å². The van der Waals surface area contributed by atoms with Crippen molar-refractivity contribution < 1.29 is 0 Å². The third-order valence-corrected chi connectivity index (χ3v) is 5.10. The summed E-state index contributed by atoms with van der Waals surface area (Å²) in [6.45, 7) is 3.41. The number of hydrogen-bond donors (Lipinski definition) is 0. The van der Waals surface area contributed by atoms with E-state index in [2.05, 4.69) is 65.6 Å². The standard InChI is InChI=1S/C22H25N2/c1-2-8-20(9-3-1)22(17-24-13-4-5-14-24)23-16-18-7-6-10-21(15-18)19-11-12-19/h1-3,6-10,15,19,22H,4-5,11-14,17H2/q+1/t22-/m1/s1. The highest BCUT2D eigenvalue weighted by molar-refractivity contribution is 5.38. The van der Waals surface area contributed by atoms with Gasteiger partial charge in [0, 0.05) is 5.56 Å². The summed E-state index contributed by atoms with van der Waals surface area (Å²) in [5, 5.41) is 0. The lowest BCUT2D eigenvalue weighted by Gasteiger charge is -2.13. The van der Waals surface area contributed by atoms with Gasteiger partial charge >= 0.3 is 12.1 Å². The third kappa shape index (κ3) is 3.86. The molecule has 1 aliphatic heterocycles. The highest BCUT2D eigenvalue weighted by atomic mass is 15.1. The molecule has 4 rings (SSSR count). The molecule has 2 aliphatic rings. The minimum Gasteiger partial charge on any atom is -0.296 e. The minimum atomic E-state index is 0.175. The molecule has 2 aromatic carbocycles. The summed E-state index contributed by atoms with van der Waals surface area (Å²) in [6.07, 6.45) is 5.31. The Hall–Kier alpha value is -2.11. The Kier molecular flexibility index (Phi) is 4.62. The molecule has 1 saturated carbocycles. The summed E-state index contributed by atoms with van der Waals surface area (Å²) in [6, 6.07) is 22.9. The molecule has 0 amide bonds. The van der Waals surface area contributed by atoms with E-state index in [1.54, 1.807) is 0 Å². The van der Waals surface area contributed by atoms with E-state index in [4.69, 9.17) is 4.85 Å². The molecular formula is C22H25N2+. The zero-order chi connectivity index (χ0) is 16.2. The largest absolute Gasteiger partial charge is 0.312 e. The van der Waals surface area contributed by atoms with Crippen LogP contribution in [0.1, 0.15) is 54.3 Å². The molecule has 2 heteroatoms. The van der Waals surface area contributed by atoms with Crippen LogP contribution >= 0.6 is 0 Å². The second kappa shape index (κ2) is 7.20. The maximum atomic E-state index is 4.86. The van der Waals surface area contributed by atoms with Crippen molar-refractivity contribution in [2.75, 3.05) is 19.6 Å². The molecule has 0 bridgehead atoms. The van der Waals surface area contributed by atoms with Crippen LogP contribution in [0.3, 0.4) is 0 Å². The van der Waals surface area contributed by atoms with E-state index in [0.717, 1.165) is 18.0 Å². The molecule has 2 nitrogen and oxygen atoms in total. The van der Waals surface area contributed by atoms with Crippen molar-refractivity contribution in [2.24, 2.45) is 0 Å². The maximum Gasteiger partial charge on any atom is 0.312 e. The van der Waals surface area contributed by atoms with E-state index < -0.39 is 0 Å². The average molecular weight is 317 g/mol. The monoisotopic (exact) mass is 317 g/mol. The minimum absolute atomic E-state index is 0.175. The number of hydrogen-bond acceptors (Lipinski definition) is 1. The summed E-state index contributed by atoms with van der Waals surface area (Å²) >= 11 is 0. The van der Waals surface area contributed by atoms with E-state index in [1.807, 2.05) is 0 Å². The van der Waals surface area contributed by atoms with Crippen molar-refractivity contribution in [2.45, 2.75) is 37.6 Å². The third-order valence-electron chi connectivity index (χ3n) is 5.10. The lowest BCUT2D eigenvalue weighted by Crippen LogP contribution is -2.24. The van der Waals surface area contributed by atoms with Gasteiger partial charge in [0.2, 0.25) is 0 Å². The summed E-state index contributed by atoms with van der Waals surface area (Å²) in [7, 11) is 0. The molecule has 1 atom stereocenters. The van der Waals surface area contributed by atoms with Crippen molar-refractivity contribution >= 4 is 0 Å². The van der Waals surface area contributed by atoms with Crippen LogP contribution in [0, 0.1) is 6.07 Å². The molecule has 2 aromatic rings. The summed E-state index contributed by atoms with van der Waals surface area (Å²) in [5.41, 5.74) is 3.85. The van der Waals surface area contributed by atoms with Crippen LogP contribution in [0.15, 0.2) is 54.6 Å². The Labute approximate surface area is 144 Å². The molecular weight excluding hydrogens is 292 g/mol. The van der Waals surface area contributed by atoms with Crippen LogP contribution in [0.25, 0.3) is 4.85 Å². The van der Waals surface area contributed by atoms with Gasteiger partial charge in [-0.25, -0.2) is 0 Å². The topological polar surface area (TPSA) is 7.60 Å². The van der Waals surface area contributed by atoms with Crippen molar-refractivity contribution in [3.63, 3.8) is 0 Å². The van der Waals surface area contributed by atoms with E-state index in [0.29, 0.717) is 0 Å². The Morgan fingerprint density at radius 3 is 2.54 bits per heavy atom. The fourth-order valence-electron chi connectivity index (χ4n) is 3.54. The first-order chi connectivity index (χ1) is 11.9. The quantitative estimate of drug-likeness (QED) is 0.763. The van der Waals surface area contributed by atoms with Crippen molar-refractivity contribution in [1.29, 1.82) is 0 Å². The highest BCUT2D eigenvalue weighted by Crippen LogP contribution is 2.40. The number of likely N-dealkylation sites (tertiary alicyclic amines) is 1. The van der Waals surface area contributed by atoms with Gasteiger partial charge in [-0.3, -0.25) is 4.90 Å². The van der Waals surface area contributed by atoms with Gasteiger partial charge in [0.15, 0.2) is 0 Å². The fourth-order valence-corrected chi connectivity index (χ4v) is 3.54. The second-order valence-electron chi connectivity index (χ2n) is 7.07. The van der Waals surface area contributed by atoms with Crippen LogP contribution < -0.4 is 0 Å². The van der Waals surface area contributed by atoms with Gasteiger partial charge in [-0.05, 0) is 62.4 Å². The molecule has 1 saturated heterocycles. The van der Waals surface area contributed by atoms with Gasteiger partial charge in [0.1, 0.15) is 5.56 Å². The molecule has 0 unspecified atom stereocenters. The van der Waals surface area contributed by atoms with Gasteiger partial charge < -0.3 is 0 Å². The molecule has 0 spiro atoms. The number of nitrogens with zero attached hydrogens (tertiary/aromatic N) is 2. The van der Waals surface area contributed by atoms with Crippen LogP contribution in [0.5, 0.6) is 0 Å². The van der Waals surface area contributed by atoms with Gasteiger partial charge in [-0.2, -0.15) is 0 Å². The lowest BCUT2D eigenvalue weighted by molar-refractivity contribution is 0.329. The Morgan fingerprint density at radius 2 is 1.79 bits per heavy atom. The van der Waals surface area contributed by atoms with E-state index in [9.17, 15) is 0 Å². The van der Waals surface area contributed by atoms with E-state index in [1.165, 1.54) is 49.9 Å². The van der Waals surface area contributed by atoms with Gasteiger partial charge in [-0.1, -0.05) is 47.3 Å². The lowest BCUT2D eigenvalue weighted by atomic mass is 10.1. The average Bonchev–Trinajstić information content (AvgIpc) is 3.37. The van der Waals surface area contributed by atoms with Crippen molar-refractivity contribution in [3.05, 3.63) is 76.1 Å². The predicted octanol–water partition coefficient (Wildman–Crippen LogP) is 5.08. The molecule has 1 heterocycles. The first-order valence-corrected chi connectivity index (χ1v) is 9.21. The zero-order valence-corrected chi connectivity index (χ0v) is 14.2. The maximum absolute atomic E-state index is 4.86. The van der Waals surface area contributed by atoms with Crippen molar-refractivity contribution in [1.82, 2.24) is 4.90 Å². The van der Waals surface area contributed by atoms with Crippen molar-refractivity contribution in [3.8, 4) is 6.07 Å². The Bertz CT molecular complexity index is 731. The predicted molar refractivity (Wildman–Crippen MR) is 99.6 cm³/mol. The number of rotatable bonds is 4. The van der Waals surface area contributed by atoms with Gasteiger partial charge in [-0.15, -0.1) is 0 Å². The molecule has 0 aromatic heterocycles. The molecule has 2 fully saturated rings. The molecule has 0 radical (unpaired) electrons. The zero-order valence-electron chi connectivity index (χ0n) is 14.2. The highest BCUT2D eigenvalue weighted by Gasteiger charge is 2.26. The molecule has 122 valence electrons. The second-order valence-corrected chi connectivity index (χ2v) is 7.07. The van der Waals surface area contributed by atoms with Crippen LogP contribution in [-0.2, 0) is 0 Å². The fraction of sp³-hybridized carbons (Fsp3) is 0.409. The molecule has 0 N–H and O–H groups in total. The SMILES string of the molecule is C(#[N+][C@H](CN1CCCC1)c1ccccc1)c1cccc(C2CC2)c1.